The van der Waals surface area contributed by atoms with Gasteiger partial charge in [-0.1, -0.05) is 91.9 Å². The average molecular weight is 689 g/mol. The fraction of sp³-hybridized carbons (Fsp3) is 0.225. The molecule has 0 radical (unpaired) electrons. The number of carbonyl (C=O) groups is 1. The Hall–Kier alpha value is -5.61. The van der Waals surface area contributed by atoms with E-state index in [0.29, 0.717) is 56.1 Å². The highest BCUT2D eigenvalue weighted by molar-refractivity contribution is 7.07. The van der Waals surface area contributed by atoms with Gasteiger partial charge in [0.25, 0.3) is 5.56 Å². The maximum Gasteiger partial charge on any atom is 0.338 e. The van der Waals surface area contributed by atoms with Crippen LogP contribution in [0.5, 0.6) is 23.0 Å². The van der Waals surface area contributed by atoms with Crippen LogP contribution in [0.15, 0.2) is 106 Å². The van der Waals surface area contributed by atoms with Gasteiger partial charge in [0, 0.05) is 5.56 Å². The third-order valence-electron chi connectivity index (χ3n) is 8.61. The van der Waals surface area contributed by atoms with Crippen LogP contribution in [0.4, 0.5) is 0 Å². The lowest BCUT2D eigenvalue weighted by Crippen LogP contribution is -2.40. The summed E-state index contributed by atoms with van der Waals surface area (Å²) in [4.78, 5) is 33.5. The van der Waals surface area contributed by atoms with Crippen LogP contribution in [0.3, 0.4) is 0 Å². The molecule has 0 saturated carbocycles. The molecule has 0 amide bonds. The van der Waals surface area contributed by atoms with Crippen LogP contribution in [0, 0.1) is 0 Å². The molecule has 10 heteroatoms. The van der Waals surface area contributed by atoms with Crippen LogP contribution >= 0.6 is 11.3 Å². The van der Waals surface area contributed by atoms with E-state index in [1.165, 1.54) is 11.3 Å². The number of methoxy groups -OCH3 is 1. The van der Waals surface area contributed by atoms with Crippen molar-refractivity contribution in [1.29, 1.82) is 0 Å². The number of thiazole rings is 1. The molecule has 7 rings (SSSR count). The summed E-state index contributed by atoms with van der Waals surface area (Å²) in [5.41, 5.74) is 4.92. The van der Waals surface area contributed by atoms with Crippen molar-refractivity contribution in [2.24, 2.45) is 4.99 Å². The Morgan fingerprint density at radius 3 is 2.50 bits per heavy atom. The van der Waals surface area contributed by atoms with Crippen LogP contribution in [0.25, 0.3) is 11.8 Å². The molecule has 2 aliphatic heterocycles. The van der Waals surface area contributed by atoms with Crippen LogP contribution in [0.1, 0.15) is 60.5 Å². The molecule has 2 aliphatic rings. The summed E-state index contributed by atoms with van der Waals surface area (Å²) >= 11 is 1.27. The third-order valence-corrected chi connectivity index (χ3v) is 9.59. The minimum atomic E-state index is -0.745. The normalized spacial score (nSPS) is 15.1. The van der Waals surface area contributed by atoms with Gasteiger partial charge in [-0.2, -0.15) is 0 Å². The maximum absolute atomic E-state index is 14.3. The van der Waals surface area contributed by atoms with Gasteiger partial charge >= 0.3 is 5.97 Å². The van der Waals surface area contributed by atoms with E-state index in [9.17, 15) is 9.59 Å². The standard InChI is InChI=1S/C40H36N2O7S/c1-5-46-39(44)35-36(28-9-7-6-8-10-28)41-40-42(37(35)29-15-13-27(14-16-29)24(2)3)38(43)34(50-40)21-25-11-17-30(32(19-25)45-4)47-22-26-12-18-31-33(20-26)49-23-48-31/h6-21,24,37H,5,22-23H2,1-4H3/b34-21-/t37-/m0/s1. The summed E-state index contributed by atoms with van der Waals surface area (Å²) in [7, 11) is 1.58. The lowest BCUT2D eigenvalue weighted by Gasteiger charge is -2.26. The van der Waals surface area contributed by atoms with E-state index in [-0.39, 0.29) is 19.0 Å². The van der Waals surface area contributed by atoms with E-state index in [0.717, 1.165) is 27.8 Å². The fourth-order valence-electron chi connectivity index (χ4n) is 6.06. The largest absolute Gasteiger partial charge is 0.493 e. The minimum absolute atomic E-state index is 0.187. The van der Waals surface area contributed by atoms with Gasteiger partial charge in [-0.25, -0.2) is 9.79 Å². The number of hydrogen-bond acceptors (Lipinski definition) is 9. The Bertz CT molecular complexity index is 2270. The molecule has 0 fully saturated rings. The highest BCUT2D eigenvalue weighted by Crippen LogP contribution is 2.36. The Kier molecular flexibility index (Phi) is 9.27. The number of carbonyl (C=O) groups excluding carboxylic acids is 1. The van der Waals surface area contributed by atoms with Crippen molar-refractivity contribution in [2.45, 2.75) is 39.3 Å². The van der Waals surface area contributed by atoms with Gasteiger partial charge < -0.3 is 23.7 Å². The molecule has 0 saturated heterocycles. The quantitative estimate of drug-likeness (QED) is 0.157. The molecular formula is C40H36N2O7S. The zero-order valence-corrected chi connectivity index (χ0v) is 29.0. The number of benzene rings is 4. The van der Waals surface area contributed by atoms with Gasteiger partial charge in [0.1, 0.15) is 6.61 Å². The second kappa shape index (κ2) is 14.1. The first-order chi connectivity index (χ1) is 24.3. The first kappa shape index (κ1) is 32.9. The second-order valence-electron chi connectivity index (χ2n) is 12.1. The molecule has 0 aliphatic carbocycles. The van der Waals surface area contributed by atoms with Crippen LogP contribution in [-0.4, -0.2) is 31.0 Å². The third kappa shape index (κ3) is 6.42. The predicted molar refractivity (Wildman–Crippen MR) is 191 cm³/mol. The van der Waals surface area contributed by atoms with Crippen LogP contribution in [0.2, 0.25) is 0 Å². The molecule has 254 valence electrons. The van der Waals surface area contributed by atoms with Crippen molar-refractivity contribution in [3.05, 3.63) is 144 Å². The van der Waals surface area contributed by atoms with Crippen LogP contribution in [-0.2, 0) is 16.1 Å². The average Bonchev–Trinajstić information content (AvgIpc) is 3.74. The Morgan fingerprint density at radius 1 is 0.980 bits per heavy atom. The Morgan fingerprint density at radius 2 is 1.76 bits per heavy atom. The van der Waals surface area contributed by atoms with Crippen molar-refractivity contribution in [3.63, 3.8) is 0 Å². The van der Waals surface area contributed by atoms with Crippen molar-refractivity contribution < 1.29 is 28.5 Å². The second-order valence-corrected chi connectivity index (χ2v) is 13.1. The van der Waals surface area contributed by atoms with Gasteiger partial charge in [0.2, 0.25) is 6.79 Å². The molecule has 1 aromatic heterocycles. The van der Waals surface area contributed by atoms with Crippen molar-refractivity contribution in [3.8, 4) is 23.0 Å². The van der Waals surface area contributed by atoms with E-state index < -0.39 is 12.0 Å². The number of aromatic nitrogens is 1. The molecule has 0 unspecified atom stereocenters. The lowest BCUT2D eigenvalue weighted by molar-refractivity contribution is -0.138. The van der Waals surface area contributed by atoms with Gasteiger partial charge in [-0.05, 0) is 65.4 Å². The predicted octanol–water partition coefficient (Wildman–Crippen LogP) is 6.38. The highest BCUT2D eigenvalue weighted by atomic mass is 32.1. The Labute approximate surface area is 293 Å². The topological polar surface area (TPSA) is 97.6 Å². The molecule has 50 heavy (non-hydrogen) atoms. The molecule has 0 bridgehead atoms. The van der Waals surface area contributed by atoms with E-state index in [1.807, 2.05) is 97.1 Å². The summed E-state index contributed by atoms with van der Waals surface area (Å²) in [5, 5.41) is 0. The minimum Gasteiger partial charge on any atom is -0.493 e. The van der Waals surface area contributed by atoms with Crippen molar-refractivity contribution in [1.82, 2.24) is 4.57 Å². The van der Waals surface area contributed by atoms with Crippen LogP contribution < -0.4 is 33.8 Å². The molecule has 5 aromatic rings. The van der Waals surface area contributed by atoms with Gasteiger partial charge in [0.05, 0.1) is 35.6 Å². The molecular weight excluding hydrogens is 653 g/mol. The van der Waals surface area contributed by atoms with E-state index in [1.54, 1.807) is 18.6 Å². The molecule has 9 nitrogen and oxygen atoms in total. The van der Waals surface area contributed by atoms with E-state index in [4.69, 9.17) is 28.7 Å². The fourth-order valence-corrected chi connectivity index (χ4v) is 7.06. The number of rotatable bonds is 10. The van der Waals surface area contributed by atoms with E-state index in [2.05, 4.69) is 13.8 Å². The van der Waals surface area contributed by atoms with Gasteiger partial charge in [0.15, 0.2) is 27.8 Å². The summed E-state index contributed by atoms with van der Waals surface area (Å²) < 4.78 is 30.3. The first-order valence-electron chi connectivity index (χ1n) is 16.4. The zero-order valence-electron chi connectivity index (χ0n) is 28.2. The number of esters is 1. The van der Waals surface area contributed by atoms with Crippen molar-refractivity contribution in [2.75, 3.05) is 20.5 Å². The number of nitrogens with zero attached hydrogens (tertiary/aromatic N) is 2. The molecule has 0 N–H and O–H groups in total. The maximum atomic E-state index is 14.3. The summed E-state index contributed by atoms with van der Waals surface area (Å²) in [6.07, 6.45) is 1.81. The van der Waals surface area contributed by atoms with Gasteiger partial charge in [-0.15, -0.1) is 0 Å². The lowest BCUT2D eigenvalue weighted by atomic mass is 9.91. The molecule has 1 atom stereocenters. The number of fused-ring (bicyclic) bond motifs is 2. The summed E-state index contributed by atoms with van der Waals surface area (Å²) in [6, 6.07) is 28.1. The molecule has 0 spiro atoms. The van der Waals surface area contributed by atoms with E-state index >= 15 is 0 Å². The van der Waals surface area contributed by atoms with Gasteiger partial charge in [-0.3, -0.25) is 9.36 Å². The summed E-state index contributed by atoms with van der Waals surface area (Å²) in [6.45, 7) is 6.72. The highest BCUT2D eigenvalue weighted by Gasteiger charge is 2.35. The smallest absolute Gasteiger partial charge is 0.338 e. The van der Waals surface area contributed by atoms with Crippen molar-refractivity contribution >= 4 is 29.1 Å². The Balaban J connectivity index is 1.30. The number of ether oxygens (including phenoxy) is 5. The molecule has 3 heterocycles. The number of hydrogen-bond donors (Lipinski definition) is 0. The molecule has 4 aromatic carbocycles. The summed E-state index contributed by atoms with van der Waals surface area (Å²) in [5.74, 6) is 2.29. The first-order valence-corrected chi connectivity index (χ1v) is 17.2. The monoisotopic (exact) mass is 688 g/mol. The zero-order chi connectivity index (χ0) is 34.8. The SMILES string of the molecule is CCOC(=O)C1=C(c2ccccc2)N=c2s/c(=C\c3ccc(OCc4ccc5c(c4)OCO5)c(OC)c3)c(=O)n2[C@H]1c1ccc(C(C)C)cc1.